The summed E-state index contributed by atoms with van der Waals surface area (Å²) in [7, 11) is 0. The molecule has 0 aliphatic carbocycles. The van der Waals surface area contributed by atoms with Crippen LogP contribution in [0, 0.1) is 5.41 Å². The SMILES string of the molecule is CCCNCC(C)(C)CCc1ccc(OCCC)c(Br)c1. The topological polar surface area (TPSA) is 21.3 Å². The number of hydrogen-bond acceptors (Lipinski definition) is 2. The van der Waals surface area contributed by atoms with Gasteiger partial charge in [0.1, 0.15) is 5.75 Å². The number of nitrogens with one attached hydrogen (secondary N) is 1. The molecule has 0 unspecified atom stereocenters. The molecule has 1 rings (SSSR count). The van der Waals surface area contributed by atoms with Gasteiger partial charge in [-0.2, -0.15) is 0 Å². The zero-order chi connectivity index (χ0) is 15.7. The van der Waals surface area contributed by atoms with Crippen molar-refractivity contribution in [3.05, 3.63) is 28.2 Å². The van der Waals surface area contributed by atoms with Crippen LogP contribution in [-0.4, -0.2) is 19.7 Å². The molecule has 2 nitrogen and oxygen atoms in total. The third kappa shape index (κ3) is 7.32. The van der Waals surface area contributed by atoms with Gasteiger partial charge in [0.25, 0.3) is 0 Å². The van der Waals surface area contributed by atoms with E-state index in [2.05, 4.69) is 67.1 Å². The maximum Gasteiger partial charge on any atom is 0.133 e. The minimum absolute atomic E-state index is 0.332. The van der Waals surface area contributed by atoms with Crippen LogP contribution in [0.4, 0.5) is 0 Å². The van der Waals surface area contributed by atoms with Crippen LogP contribution in [0.3, 0.4) is 0 Å². The molecule has 0 bridgehead atoms. The largest absolute Gasteiger partial charge is 0.492 e. The molecule has 1 aromatic carbocycles. The Balaban J connectivity index is 2.49. The van der Waals surface area contributed by atoms with Crippen molar-refractivity contribution in [1.29, 1.82) is 0 Å². The Morgan fingerprint density at radius 3 is 2.57 bits per heavy atom. The van der Waals surface area contributed by atoms with Gasteiger partial charge in [-0.15, -0.1) is 0 Å². The third-order valence-corrected chi connectivity index (χ3v) is 4.20. The molecule has 21 heavy (non-hydrogen) atoms. The van der Waals surface area contributed by atoms with E-state index in [9.17, 15) is 0 Å². The number of rotatable bonds is 10. The van der Waals surface area contributed by atoms with Crippen LogP contribution in [0.2, 0.25) is 0 Å². The molecule has 0 saturated carbocycles. The van der Waals surface area contributed by atoms with E-state index in [1.54, 1.807) is 0 Å². The minimum atomic E-state index is 0.332. The average Bonchev–Trinajstić information content (AvgIpc) is 2.44. The molecular weight excluding hydrogens is 326 g/mol. The van der Waals surface area contributed by atoms with E-state index < -0.39 is 0 Å². The van der Waals surface area contributed by atoms with Crippen LogP contribution in [-0.2, 0) is 6.42 Å². The van der Waals surface area contributed by atoms with Crippen molar-refractivity contribution in [3.8, 4) is 5.75 Å². The van der Waals surface area contributed by atoms with Gasteiger partial charge in [-0.3, -0.25) is 0 Å². The van der Waals surface area contributed by atoms with E-state index in [0.29, 0.717) is 5.41 Å². The van der Waals surface area contributed by atoms with Crippen LogP contribution in [0.1, 0.15) is 52.5 Å². The fourth-order valence-electron chi connectivity index (χ4n) is 2.20. The van der Waals surface area contributed by atoms with Crippen molar-refractivity contribution >= 4 is 15.9 Å². The van der Waals surface area contributed by atoms with Gasteiger partial charge in [-0.25, -0.2) is 0 Å². The smallest absolute Gasteiger partial charge is 0.133 e. The highest BCUT2D eigenvalue weighted by atomic mass is 79.9. The Hall–Kier alpha value is -0.540. The summed E-state index contributed by atoms with van der Waals surface area (Å²) in [6.45, 7) is 12.0. The van der Waals surface area contributed by atoms with Gasteiger partial charge in [-0.05, 0) is 71.3 Å². The summed E-state index contributed by atoms with van der Waals surface area (Å²) in [5, 5.41) is 3.53. The van der Waals surface area contributed by atoms with E-state index in [4.69, 9.17) is 4.74 Å². The van der Waals surface area contributed by atoms with Crippen molar-refractivity contribution in [2.75, 3.05) is 19.7 Å². The molecule has 0 amide bonds. The van der Waals surface area contributed by atoms with Gasteiger partial charge in [0.2, 0.25) is 0 Å². The first-order valence-corrected chi connectivity index (χ1v) is 8.89. The summed E-state index contributed by atoms with van der Waals surface area (Å²) in [5.41, 5.74) is 1.70. The first kappa shape index (κ1) is 18.5. The second-order valence-electron chi connectivity index (χ2n) is 6.45. The Morgan fingerprint density at radius 1 is 1.19 bits per heavy atom. The quantitative estimate of drug-likeness (QED) is 0.582. The zero-order valence-electron chi connectivity index (χ0n) is 14.0. The summed E-state index contributed by atoms with van der Waals surface area (Å²) < 4.78 is 6.76. The Morgan fingerprint density at radius 2 is 1.95 bits per heavy atom. The van der Waals surface area contributed by atoms with Crippen molar-refractivity contribution in [2.24, 2.45) is 5.41 Å². The minimum Gasteiger partial charge on any atom is -0.492 e. The van der Waals surface area contributed by atoms with Crippen LogP contribution < -0.4 is 10.1 Å². The Labute approximate surface area is 138 Å². The van der Waals surface area contributed by atoms with E-state index in [0.717, 1.165) is 42.8 Å². The molecule has 120 valence electrons. The molecule has 0 aromatic heterocycles. The van der Waals surface area contributed by atoms with Crippen LogP contribution in [0.15, 0.2) is 22.7 Å². The lowest BCUT2D eigenvalue weighted by molar-refractivity contribution is 0.313. The molecular formula is C18H30BrNO. The maximum absolute atomic E-state index is 5.69. The summed E-state index contributed by atoms with van der Waals surface area (Å²) >= 11 is 3.61. The summed E-state index contributed by atoms with van der Waals surface area (Å²) in [6.07, 6.45) is 4.52. The second kappa shape index (κ2) is 9.47. The number of halogens is 1. The molecule has 0 spiro atoms. The molecule has 0 fully saturated rings. The molecule has 0 aliphatic rings. The van der Waals surface area contributed by atoms with Gasteiger partial charge in [0.05, 0.1) is 11.1 Å². The number of ether oxygens (including phenoxy) is 1. The van der Waals surface area contributed by atoms with Crippen molar-refractivity contribution in [1.82, 2.24) is 5.32 Å². The van der Waals surface area contributed by atoms with Crippen LogP contribution in [0.5, 0.6) is 5.75 Å². The standard InChI is InChI=1S/C18H30BrNO/c1-5-11-20-14-18(3,4)10-9-15-7-8-17(16(19)13-15)21-12-6-2/h7-8,13,20H,5-6,9-12,14H2,1-4H3. The van der Waals surface area contributed by atoms with Crippen molar-refractivity contribution < 1.29 is 4.74 Å². The monoisotopic (exact) mass is 355 g/mol. The molecule has 0 atom stereocenters. The highest BCUT2D eigenvalue weighted by Crippen LogP contribution is 2.28. The highest BCUT2D eigenvalue weighted by molar-refractivity contribution is 9.10. The van der Waals surface area contributed by atoms with Gasteiger partial charge < -0.3 is 10.1 Å². The van der Waals surface area contributed by atoms with E-state index >= 15 is 0 Å². The first-order chi connectivity index (χ1) is 9.98. The third-order valence-electron chi connectivity index (χ3n) is 3.58. The second-order valence-corrected chi connectivity index (χ2v) is 7.31. The molecule has 1 N–H and O–H groups in total. The number of hydrogen-bond donors (Lipinski definition) is 1. The summed E-state index contributed by atoms with van der Waals surface area (Å²) in [5.74, 6) is 0.949. The lowest BCUT2D eigenvalue weighted by Crippen LogP contribution is -2.30. The maximum atomic E-state index is 5.69. The predicted molar refractivity (Wildman–Crippen MR) is 95.2 cm³/mol. The van der Waals surface area contributed by atoms with Crippen LogP contribution >= 0.6 is 15.9 Å². The molecule has 1 aromatic rings. The molecule has 0 aliphatic heterocycles. The van der Waals surface area contributed by atoms with Crippen molar-refractivity contribution in [2.45, 2.75) is 53.4 Å². The fraction of sp³-hybridized carbons (Fsp3) is 0.667. The lowest BCUT2D eigenvalue weighted by Gasteiger charge is -2.25. The summed E-state index contributed by atoms with van der Waals surface area (Å²) in [4.78, 5) is 0. The molecule has 0 heterocycles. The average molecular weight is 356 g/mol. The Kier molecular flexibility index (Phi) is 8.35. The molecule has 0 saturated heterocycles. The zero-order valence-corrected chi connectivity index (χ0v) is 15.6. The van der Waals surface area contributed by atoms with E-state index in [-0.39, 0.29) is 0 Å². The lowest BCUT2D eigenvalue weighted by atomic mass is 9.86. The molecule has 3 heteroatoms. The van der Waals surface area contributed by atoms with E-state index in [1.165, 1.54) is 18.4 Å². The first-order valence-electron chi connectivity index (χ1n) is 8.10. The Bertz CT molecular complexity index is 418. The summed E-state index contributed by atoms with van der Waals surface area (Å²) in [6, 6.07) is 6.46. The van der Waals surface area contributed by atoms with E-state index in [1.807, 2.05) is 0 Å². The van der Waals surface area contributed by atoms with Crippen LogP contribution in [0.25, 0.3) is 0 Å². The van der Waals surface area contributed by atoms with Crippen molar-refractivity contribution in [3.63, 3.8) is 0 Å². The number of aryl methyl sites for hydroxylation is 1. The normalized spacial score (nSPS) is 11.7. The fourth-order valence-corrected chi connectivity index (χ4v) is 2.74. The van der Waals surface area contributed by atoms with Gasteiger partial charge in [0.15, 0.2) is 0 Å². The molecule has 0 radical (unpaired) electrons. The van der Waals surface area contributed by atoms with Gasteiger partial charge >= 0.3 is 0 Å². The van der Waals surface area contributed by atoms with Gasteiger partial charge in [-0.1, -0.05) is 33.8 Å². The highest BCUT2D eigenvalue weighted by Gasteiger charge is 2.17. The predicted octanol–water partition coefficient (Wildman–Crippen LogP) is 5.20. The van der Waals surface area contributed by atoms with Gasteiger partial charge in [0, 0.05) is 6.54 Å². The number of benzene rings is 1.